The molecule has 19 heavy (non-hydrogen) atoms. The molecule has 0 aliphatic rings. The number of aromatic nitrogens is 2. The van der Waals surface area contributed by atoms with Gasteiger partial charge in [0.2, 0.25) is 0 Å². The van der Waals surface area contributed by atoms with Gasteiger partial charge in [0, 0.05) is 32.4 Å². The van der Waals surface area contributed by atoms with E-state index in [0.29, 0.717) is 13.1 Å². The molecule has 1 aromatic rings. The number of methoxy groups -OCH3 is 1. The van der Waals surface area contributed by atoms with Gasteiger partial charge in [0.1, 0.15) is 0 Å². The number of aryl methyl sites for hydroxylation is 1. The molecule has 0 aliphatic heterocycles. The summed E-state index contributed by atoms with van der Waals surface area (Å²) in [6, 6.07) is 2.16. The maximum atomic E-state index is 10.8. The van der Waals surface area contributed by atoms with E-state index < -0.39 is 6.09 Å². The Kier molecular flexibility index (Phi) is 9.52. The van der Waals surface area contributed by atoms with E-state index in [1.54, 1.807) is 6.20 Å². The Morgan fingerprint density at radius 1 is 1.47 bits per heavy atom. The highest BCUT2D eigenvalue weighted by Crippen LogP contribution is 2.08. The van der Waals surface area contributed by atoms with Crippen molar-refractivity contribution >= 4 is 6.09 Å². The van der Waals surface area contributed by atoms with E-state index in [-0.39, 0.29) is 6.04 Å². The monoisotopic (exact) mass is 270 g/mol. The topological polar surface area (TPSA) is 68.2 Å². The lowest BCUT2D eigenvalue weighted by atomic mass is 10.2. The van der Waals surface area contributed by atoms with Gasteiger partial charge in [-0.2, -0.15) is 5.10 Å². The van der Waals surface area contributed by atoms with E-state index in [9.17, 15) is 4.79 Å². The lowest BCUT2D eigenvalue weighted by molar-refractivity contribution is 0.171. The van der Waals surface area contributed by atoms with Crippen LogP contribution in [0.2, 0.25) is 0 Å². The number of rotatable bonds is 5. The van der Waals surface area contributed by atoms with E-state index in [4.69, 9.17) is 0 Å². The summed E-state index contributed by atoms with van der Waals surface area (Å²) in [5.41, 5.74) is 1.11. The average Bonchev–Trinajstić information content (AvgIpc) is 2.81. The van der Waals surface area contributed by atoms with Crippen molar-refractivity contribution in [3.05, 3.63) is 18.0 Å². The number of nitrogens with one attached hydrogen (secondary N) is 2. The van der Waals surface area contributed by atoms with Gasteiger partial charge < -0.3 is 15.4 Å². The number of alkyl carbamates (subject to hydrolysis) is 1. The molecule has 1 unspecified atom stereocenters. The fourth-order valence-electron chi connectivity index (χ4n) is 1.44. The van der Waals surface area contributed by atoms with Gasteiger partial charge in [0.05, 0.1) is 12.8 Å². The summed E-state index contributed by atoms with van der Waals surface area (Å²) < 4.78 is 6.28. The van der Waals surface area contributed by atoms with E-state index in [0.717, 1.165) is 5.69 Å². The number of ether oxygens (including phenoxy) is 1. The van der Waals surface area contributed by atoms with Gasteiger partial charge in [0.25, 0.3) is 0 Å². The molecular weight excluding hydrogens is 244 g/mol. The number of carbonyl (C=O) groups is 1. The summed E-state index contributed by atoms with van der Waals surface area (Å²) in [6.07, 6.45) is 2.61. The summed E-state index contributed by atoms with van der Waals surface area (Å²) in [6.45, 7) is 7.52. The number of hydrogen-bond acceptors (Lipinski definition) is 4. The second-order valence-electron chi connectivity index (χ2n) is 4.18. The lowest BCUT2D eigenvalue weighted by Crippen LogP contribution is -2.33. The maximum absolute atomic E-state index is 10.8. The fraction of sp³-hybridized carbons (Fsp3) is 0.692. The molecule has 110 valence electrons. The molecule has 2 N–H and O–H groups in total. The molecule has 1 amide bonds. The molecule has 0 saturated carbocycles. The molecule has 1 aromatic heterocycles. The van der Waals surface area contributed by atoms with Gasteiger partial charge in [-0.25, -0.2) is 4.79 Å². The van der Waals surface area contributed by atoms with Crippen LogP contribution >= 0.6 is 0 Å². The Hall–Kier alpha value is -1.56. The molecule has 0 spiro atoms. The van der Waals surface area contributed by atoms with Gasteiger partial charge >= 0.3 is 6.09 Å². The van der Waals surface area contributed by atoms with Crippen LogP contribution < -0.4 is 10.6 Å². The zero-order chi connectivity index (χ0) is 14.7. The van der Waals surface area contributed by atoms with Crippen LogP contribution in [0.1, 0.15) is 38.9 Å². The van der Waals surface area contributed by atoms with Crippen molar-refractivity contribution < 1.29 is 9.53 Å². The average molecular weight is 270 g/mol. The molecule has 1 atom stereocenters. The van der Waals surface area contributed by atoms with Gasteiger partial charge in [-0.15, -0.1) is 0 Å². The first-order valence-electron chi connectivity index (χ1n) is 6.59. The predicted octanol–water partition coefficient (Wildman–Crippen LogP) is 1.84. The quantitative estimate of drug-likeness (QED) is 0.801. The Balaban J connectivity index is 0.000000982. The highest BCUT2D eigenvalue weighted by atomic mass is 16.5. The first-order chi connectivity index (χ1) is 9.06. The van der Waals surface area contributed by atoms with E-state index in [2.05, 4.69) is 41.2 Å². The summed E-state index contributed by atoms with van der Waals surface area (Å²) in [7, 11) is 3.25. The van der Waals surface area contributed by atoms with Crippen molar-refractivity contribution in [3.8, 4) is 0 Å². The van der Waals surface area contributed by atoms with Crippen LogP contribution in [-0.2, 0) is 11.8 Å². The number of amides is 1. The third-order valence-corrected chi connectivity index (χ3v) is 2.33. The van der Waals surface area contributed by atoms with Crippen LogP contribution in [0.25, 0.3) is 0 Å². The van der Waals surface area contributed by atoms with Crippen LogP contribution in [0.15, 0.2) is 12.3 Å². The number of hydrogen-bond donors (Lipinski definition) is 2. The molecule has 0 aromatic carbocycles. The molecule has 0 saturated heterocycles. The van der Waals surface area contributed by atoms with E-state index >= 15 is 0 Å². The van der Waals surface area contributed by atoms with Gasteiger partial charge in [-0.1, -0.05) is 20.3 Å². The Labute approximate surface area is 115 Å². The van der Waals surface area contributed by atoms with Crippen LogP contribution in [0.5, 0.6) is 0 Å². The minimum Gasteiger partial charge on any atom is -0.453 e. The Morgan fingerprint density at radius 3 is 2.58 bits per heavy atom. The molecule has 1 rings (SSSR count). The third-order valence-electron chi connectivity index (χ3n) is 2.33. The number of nitrogens with zero attached hydrogens (tertiary/aromatic N) is 2. The molecular formula is C13H26N4O2. The van der Waals surface area contributed by atoms with Crippen LogP contribution in [0, 0.1) is 0 Å². The third kappa shape index (κ3) is 7.46. The molecule has 6 nitrogen and oxygen atoms in total. The van der Waals surface area contributed by atoms with Crippen molar-refractivity contribution in [2.45, 2.75) is 33.2 Å². The van der Waals surface area contributed by atoms with E-state index in [1.165, 1.54) is 13.5 Å². The summed E-state index contributed by atoms with van der Waals surface area (Å²) in [5, 5.41) is 9.97. The van der Waals surface area contributed by atoms with Crippen molar-refractivity contribution in [1.82, 2.24) is 20.4 Å². The fourth-order valence-corrected chi connectivity index (χ4v) is 1.44. The van der Waals surface area contributed by atoms with Crippen molar-refractivity contribution in [3.63, 3.8) is 0 Å². The Bertz CT molecular complexity index is 352. The van der Waals surface area contributed by atoms with Crippen molar-refractivity contribution in [2.24, 2.45) is 7.05 Å². The largest absolute Gasteiger partial charge is 0.453 e. The zero-order valence-electron chi connectivity index (χ0n) is 12.6. The van der Waals surface area contributed by atoms with Crippen molar-refractivity contribution in [1.29, 1.82) is 0 Å². The minimum absolute atomic E-state index is 0.201. The summed E-state index contributed by atoms with van der Waals surface area (Å²) in [4.78, 5) is 10.8. The molecule has 0 fully saturated rings. The SMILES string of the molecule is CCC.COC(=O)NCCNC(C)c1ccnn1C. The summed E-state index contributed by atoms with van der Waals surface area (Å²) in [5.74, 6) is 0. The van der Waals surface area contributed by atoms with Crippen LogP contribution in [0.3, 0.4) is 0 Å². The second kappa shape index (κ2) is 10.4. The molecule has 0 aliphatic carbocycles. The molecule has 1 heterocycles. The van der Waals surface area contributed by atoms with Crippen LogP contribution in [-0.4, -0.2) is 36.1 Å². The maximum Gasteiger partial charge on any atom is 0.406 e. The molecule has 0 bridgehead atoms. The van der Waals surface area contributed by atoms with Gasteiger partial charge in [-0.05, 0) is 13.0 Å². The summed E-state index contributed by atoms with van der Waals surface area (Å²) >= 11 is 0. The smallest absolute Gasteiger partial charge is 0.406 e. The lowest BCUT2D eigenvalue weighted by Gasteiger charge is -2.14. The highest BCUT2D eigenvalue weighted by molar-refractivity contribution is 5.66. The van der Waals surface area contributed by atoms with Gasteiger partial charge in [0.15, 0.2) is 0 Å². The van der Waals surface area contributed by atoms with Crippen LogP contribution in [0.4, 0.5) is 4.79 Å². The minimum atomic E-state index is -0.407. The van der Waals surface area contributed by atoms with E-state index in [1.807, 2.05) is 17.8 Å². The molecule has 0 radical (unpaired) electrons. The normalized spacial score (nSPS) is 11.2. The first kappa shape index (κ1) is 17.4. The molecule has 6 heteroatoms. The highest BCUT2D eigenvalue weighted by Gasteiger charge is 2.07. The Morgan fingerprint density at radius 2 is 2.11 bits per heavy atom. The van der Waals surface area contributed by atoms with Gasteiger partial charge in [-0.3, -0.25) is 4.68 Å². The zero-order valence-corrected chi connectivity index (χ0v) is 12.6. The standard InChI is InChI=1S/C10H18N4O2.C3H8/c1-8(9-4-5-13-14(9)2)11-6-7-12-10(15)16-3;1-3-2/h4-5,8,11H,6-7H2,1-3H3,(H,12,15);3H2,1-2H3. The predicted molar refractivity (Wildman–Crippen MR) is 76.0 cm³/mol. The number of carbonyl (C=O) groups excluding carboxylic acids is 1. The first-order valence-corrected chi connectivity index (χ1v) is 6.59. The van der Waals surface area contributed by atoms with Crippen molar-refractivity contribution in [2.75, 3.05) is 20.2 Å². The second-order valence-corrected chi connectivity index (χ2v) is 4.18.